The minimum Gasteiger partial charge on any atom is -0.329 e. The Morgan fingerprint density at radius 2 is 2.18 bits per heavy atom. The Hall–Kier alpha value is -1.75. The summed E-state index contributed by atoms with van der Waals surface area (Å²) in [5.74, 6) is -0.841. The number of aromatic nitrogens is 2. The molecule has 0 spiro atoms. The van der Waals surface area contributed by atoms with E-state index in [1.165, 1.54) is 6.07 Å². The van der Waals surface area contributed by atoms with Crippen LogP contribution in [0.5, 0.6) is 0 Å². The zero-order valence-corrected chi connectivity index (χ0v) is 9.45. The van der Waals surface area contributed by atoms with Gasteiger partial charge in [0.25, 0.3) is 0 Å². The van der Waals surface area contributed by atoms with Gasteiger partial charge in [-0.1, -0.05) is 0 Å². The first-order chi connectivity index (χ1) is 8.20. The molecular formula is C12H13F2N3. The van der Waals surface area contributed by atoms with Crippen molar-refractivity contribution in [3.05, 3.63) is 53.6 Å². The molecule has 3 nitrogen and oxygen atoms in total. The van der Waals surface area contributed by atoms with E-state index in [1.54, 1.807) is 17.1 Å². The highest BCUT2D eigenvalue weighted by molar-refractivity contribution is 5.19. The lowest BCUT2D eigenvalue weighted by molar-refractivity contribution is 0.572. The van der Waals surface area contributed by atoms with E-state index < -0.39 is 11.6 Å². The number of nitrogens with one attached hydrogen (secondary N) is 1. The van der Waals surface area contributed by atoms with Gasteiger partial charge in [-0.2, -0.15) is 0 Å². The zero-order chi connectivity index (χ0) is 12.3. The average molecular weight is 237 g/mol. The molecule has 1 aromatic heterocycles. The maximum atomic E-state index is 13.5. The SMILES string of the molecule is CNCc1cncn1Cc1cc(F)ccc1F. The van der Waals surface area contributed by atoms with Crippen LogP contribution in [-0.4, -0.2) is 16.6 Å². The lowest BCUT2D eigenvalue weighted by Gasteiger charge is -2.08. The standard InChI is InChI=1S/C12H13F2N3/c1-15-5-11-6-16-8-17(11)7-9-4-10(13)2-3-12(9)14/h2-4,6,8,15H,5,7H2,1H3. The molecule has 0 saturated carbocycles. The Labute approximate surface area is 98.1 Å². The second-order valence-corrected chi connectivity index (χ2v) is 3.78. The van der Waals surface area contributed by atoms with Crippen LogP contribution in [0.2, 0.25) is 0 Å². The lowest BCUT2D eigenvalue weighted by Crippen LogP contribution is -2.12. The van der Waals surface area contributed by atoms with Crippen molar-refractivity contribution in [1.82, 2.24) is 14.9 Å². The molecule has 0 saturated heterocycles. The van der Waals surface area contributed by atoms with E-state index in [1.807, 2.05) is 7.05 Å². The minimum atomic E-state index is -0.434. The van der Waals surface area contributed by atoms with Crippen molar-refractivity contribution in [1.29, 1.82) is 0 Å². The molecule has 0 radical (unpaired) electrons. The zero-order valence-electron chi connectivity index (χ0n) is 9.45. The second kappa shape index (κ2) is 5.05. The molecule has 2 aromatic rings. The van der Waals surface area contributed by atoms with Crippen LogP contribution in [0.25, 0.3) is 0 Å². The average Bonchev–Trinajstić information content (AvgIpc) is 2.72. The predicted octanol–water partition coefficient (Wildman–Crippen LogP) is 1.93. The first kappa shape index (κ1) is 11.7. The third-order valence-corrected chi connectivity index (χ3v) is 2.50. The Kier molecular flexibility index (Phi) is 3.49. The minimum absolute atomic E-state index is 0.278. The van der Waals surface area contributed by atoms with Crippen molar-refractivity contribution in [2.45, 2.75) is 13.1 Å². The maximum absolute atomic E-state index is 13.5. The van der Waals surface area contributed by atoms with Gasteiger partial charge >= 0.3 is 0 Å². The van der Waals surface area contributed by atoms with Gasteiger partial charge in [0.05, 0.1) is 18.6 Å². The summed E-state index contributed by atoms with van der Waals surface area (Å²) in [7, 11) is 1.82. The normalized spacial score (nSPS) is 10.8. The van der Waals surface area contributed by atoms with Crippen LogP contribution in [0, 0.1) is 11.6 Å². The molecule has 0 aliphatic rings. The van der Waals surface area contributed by atoms with Crippen molar-refractivity contribution >= 4 is 0 Å². The highest BCUT2D eigenvalue weighted by atomic mass is 19.1. The summed E-state index contributed by atoms with van der Waals surface area (Å²) >= 11 is 0. The van der Waals surface area contributed by atoms with Crippen LogP contribution in [0.15, 0.2) is 30.7 Å². The molecule has 0 unspecified atom stereocenters. The molecule has 0 bridgehead atoms. The van der Waals surface area contributed by atoms with E-state index in [9.17, 15) is 8.78 Å². The monoisotopic (exact) mass is 237 g/mol. The van der Waals surface area contributed by atoms with Gasteiger partial charge in [0.2, 0.25) is 0 Å². The van der Waals surface area contributed by atoms with Gasteiger partial charge in [0.15, 0.2) is 0 Å². The van der Waals surface area contributed by atoms with Crippen molar-refractivity contribution in [2.75, 3.05) is 7.05 Å². The fraction of sp³-hybridized carbons (Fsp3) is 0.250. The van der Waals surface area contributed by atoms with Crippen LogP contribution in [0.4, 0.5) is 8.78 Å². The van der Waals surface area contributed by atoms with E-state index in [4.69, 9.17) is 0 Å². The first-order valence-electron chi connectivity index (χ1n) is 5.28. The Morgan fingerprint density at radius 1 is 1.35 bits per heavy atom. The number of halogens is 2. The summed E-state index contributed by atoms with van der Waals surface area (Å²) in [5, 5.41) is 2.99. The van der Waals surface area contributed by atoms with E-state index in [2.05, 4.69) is 10.3 Å². The van der Waals surface area contributed by atoms with Crippen LogP contribution in [0.1, 0.15) is 11.3 Å². The third-order valence-electron chi connectivity index (χ3n) is 2.50. The van der Waals surface area contributed by atoms with Gasteiger partial charge in [-0.05, 0) is 25.2 Å². The molecule has 0 atom stereocenters. The Balaban J connectivity index is 2.25. The van der Waals surface area contributed by atoms with Gasteiger partial charge in [-0.3, -0.25) is 0 Å². The van der Waals surface area contributed by atoms with Gasteiger partial charge in [0, 0.05) is 18.3 Å². The topological polar surface area (TPSA) is 29.9 Å². The van der Waals surface area contributed by atoms with E-state index in [0.29, 0.717) is 12.1 Å². The van der Waals surface area contributed by atoms with E-state index >= 15 is 0 Å². The Bertz CT molecular complexity index is 508. The highest BCUT2D eigenvalue weighted by Crippen LogP contribution is 2.12. The van der Waals surface area contributed by atoms with Crippen molar-refractivity contribution in [2.24, 2.45) is 0 Å². The van der Waals surface area contributed by atoms with E-state index in [0.717, 1.165) is 17.8 Å². The molecule has 17 heavy (non-hydrogen) atoms. The molecule has 2 rings (SSSR count). The fourth-order valence-electron chi connectivity index (χ4n) is 1.67. The molecular weight excluding hydrogens is 224 g/mol. The van der Waals surface area contributed by atoms with Crippen LogP contribution in [0.3, 0.4) is 0 Å². The highest BCUT2D eigenvalue weighted by Gasteiger charge is 2.07. The van der Waals surface area contributed by atoms with Crippen LogP contribution < -0.4 is 5.32 Å². The predicted molar refractivity (Wildman–Crippen MR) is 60.5 cm³/mol. The smallest absolute Gasteiger partial charge is 0.128 e. The number of imidazole rings is 1. The van der Waals surface area contributed by atoms with Crippen molar-refractivity contribution in [3.8, 4) is 0 Å². The van der Waals surface area contributed by atoms with Gasteiger partial charge in [-0.25, -0.2) is 13.8 Å². The molecule has 1 heterocycles. The number of nitrogens with zero attached hydrogens (tertiary/aromatic N) is 2. The number of rotatable bonds is 4. The summed E-state index contributed by atoms with van der Waals surface area (Å²) in [5.41, 5.74) is 1.25. The summed E-state index contributed by atoms with van der Waals surface area (Å²) in [4.78, 5) is 4.00. The summed E-state index contributed by atoms with van der Waals surface area (Å²) in [6.07, 6.45) is 3.31. The Morgan fingerprint density at radius 3 is 2.94 bits per heavy atom. The fourth-order valence-corrected chi connectivity index (χ4v) is 1.67. The number of benzene rings is 1. The molecule has 0 aliphatic heterocycles. The molecule has 0 fully saturated rings. The lowest BCUT2D eigenvalue weighted by atomic mass is 10.2. The molecule has 0 aliphatic carbocycles. The summed E-state index contributed by atoms with van der Waals surface area (Å²) in [6.45, 7) is 0.914. The van der Waals surface area contributed by atoms with Crippen molar-refractivity contribution in [3.63, 3.8) is 0 Å². The van der Waals surface area contributed by atoms with Crippen molar-refractivity contribution < 1.29 is 8.78 Å². The first-order valence-corrected chi connectivity index (χ1v) is 5.28. The summed E-state index contributed by atoms with van der Waals surface area (Å²) in [6, 6.07) is 3.46. The largest absolute Gasteiger partial charge is 0.329 e. The molecule has 0 amide bonds. The number of hydrogen-bond donors (Lipinski definition) is 1. The van der Waals surface area contributed by atoms with Gasteiger partial charge in [-0.15, -0.1) is 0 Å². The van der Waals surface area contributed by atoms with Gasteiger partial charge in [0.1, 0.15) is 11.6 Å². The molecule has 90 valence electrons. The second-order valence-electron chi connectivity index (χ2n) is 3.78. The van der Waals surface area contributed by atoms with Gasteiger partial charge < -0.3 is 9.88 Å². The third kappa shape index (κ3) is 2.68. The maximum Gasteiger partial charge on any atom is 0.128 e. The van der Waals surface area contributed by atoms with Crippen LogP contribution >= 0.6 is 0 Å². The quantitative estimate of drug-likeness (QED) is 0.880. The number of hydrogen-bond acceptors (Lipinski definition) is 2. The molecule has 1 aromatic carbocycles. The van der Waals surface area contributed by atoms with E-state index in [-0.39, 0.29) is 6.54 Å². The molecule has 5 heteroatoms. The van der Waals surface area contributed by atoms with Crippen LogP contribution in [-0.2, 0) is 13.1 Å². The molecule has 1 N–H and O–H groups in total. The summed E-state index contributed by atoms with van der Waals surface area (Å²) < 4.78 is 28.3.